The minimum absolute atomic E-state index is 0.0337. The summed E-state index contributed by atoms with van der Waals surface area (Å²) in [4.78, 5) is 22.5. The van der Waals surface area contributed by atoms with E-state index < -0.39 is 24.5 Å². The number of hydrogen-bond donors (Lipinski definition) is 3. The van der Waals surface area contributed by atoms with Crippen LogP contribution in [0, 0.1) is 0 Å². The van der Waals surface area contributed by atoms with E-state index in [0.717, 1.165) is 5.69 Å². The van der Waals surface area contributed by atoms with Crippen LogP contribution in [-0.2, 0) is 4.79 Å². The summed E-state index contributed by atoms with van der Waals surface area (Å²) in [6.07, 6.45) is 1.38. The molecule has 8 heteroatoms. The fourth-order valence-electron chi connectivity index (χ4n) is 1.49. The average Bonchev–Trinajstić information content (AvgIpc) is 2.95. The molecule has 0 bridgehead atoms. The van der Waals surface area contributed by atoms with E-state index in [9.17, 15) is 9.59 Å². The van der Waals surface area contributed by atoms with Gasteiger partial charge in [0.1, 0.15) is 0 Å². The van der Waals surface area contributed by atoms with Gasteiger partial charge in [0.2, 0.25) is 0 Å². The molecule has 104 valence electrons. The minimum atomic E-state index is -1.37. The maximum Gasteiger partial charge on any atom is 0.328 e. The Morgan fingerprint density at radius 1 is 1.30 bits per heavy atom. The number of hydrogen-bond acceptors (Lipinski definition) is 5. The van der Waals surface area contributed by atoms with Crippen molar-refractivity contribution in [3.63, 3.8) is 0 Å². The number of carbonyl (C=O) groups is 2. The van der Waals surface area contributed by atoms with E-state index >= 15 is 0 Å². The van der Waals surface area contributed by atoms with Crippen LogP contribution >= 0.6 is 0 Å². The number of rotatable bonds is 5. The normalized spacial score (nSPS) is 11.8. The van der Waals surface area contributed by atoms with Crippen LogP contribution in [0.15, 0.2) is 36.5 Å². The first kappa shape index (κ1) is 13.7. The van der Waals surface area contributed by atoms with Crippen molar-refractivity contribution in [1.82, 2.24) is 20.3 Å². The van der Waals surface area contributed by atoms with Crippen LogP contribution in [0.2, 0.25) is 0 Å². The molecular weight excluding hydrogens is 264 g/mol. The van der Waals surface area contributed by atoms with E-state index in [4.69, 9.17) is 10.2 Å². The third-order valence-corrected chi connectivity index (χ3v) is 2.53. The number of aliphatic hydroxyl groups excluding tert-OH is 1. The second-order valence-electron chi connectivity index (χ2n) is 3.93. The SMILES string of the molecule is O=C(N[C@H](CO)C(=O)O)c1cn(-c2ccccc2)nn1. The molecule has 0 fully saturated rings. The van der Waals surface area contributed by atoms with E-state index in [0.29, 0.717) is 0 Å². The first-order chi connectivity index (χ1) is 9.61. The molecule has 0 saturated carbocycles. The lowest BCUT2D eigenvalue weighted by molar-refractivity contribution is -0.140. The molecule has 0 aliphatic rings. The van der Waals surface area contributed by atoms with Gasteiger partial charge >= 0.3 is 5.97 Å². The lowest BCUT2D eigenvalue weighted by atomic mass is 10.3. The first-order valence-electron chi connectivity index (χ1n) is 5.74. The van der Waals surface area contributed by atoms with E-state index in [1.807, 2.05) is 18.2 Å². The Bertz CT molecular complexity index is 611. The summed E-state index contributed by atoms with van der Waals surface area (Å²) in [6, 6.07) is 7.65. The fraction of sp³-hybridized carbons (Fsp3) is 0.167. The Morgan fingerprint density at radius 3 is 2.60 bits per heavy atom. The Hall–Kier alpha value is -2.74. The maximum atomic E-state index is 11.8. The zero-order chi connectivity index (χ0) is 14.5. The van der Waals surface area contributed by atoms with E-state index in [1.54, 1.807) is 12.1 Å². The topological polar surface area (TPSA) is 117 Å². The highest BCUT2D eigenvalue weighted by atomic mass is 16.4. The summed E-state index contributed by atoms with van der Waals surface area (Å²) < 4.78 is 1.39. The summed E-state index contributed by atoms with van der Waals surface area (Å²) in [5, 5.41) is 27.2. The number of benzene rings is 1. The molecule has 2 aromatic rings. The van der Waals surface area contributed by atoms with Gasteiger partial charge in [0.05, 0.1) is 18.5 Å². The largest absolute Gasteiger partial charge is 0.480 e. The molecule has 1 amide bonds. The highest BCUT2D eigenvalue weighted by molar-refractivity contribution is 5.94. The predicted molar refractivity (Wildman–Crippen MR) is 67.3 cm³/mol. The molecule has 1 aromatic carbocycles. The van der Waals surface area contributed by atoms with E-state index in [2.05, 4.69) is 15.6 Å². The van der Waals surface area contributed by atoms with E-state index in [1.165, 1.54) is 10.9 Å². The molecule has 8 nitrogen and oxygen atoms in total. The van der Waals surface area contributed by atoms with Crippen LogP contribution in [-0.4, -0.2) is 49.7 Å². The lowest BCUT2D eigenvalue weighted by Gasteiger charge is -2.09. The minimum Gasteiger partial charge on any atom is -0.480 e. The molecule has 1 atom stereocenters. The van der Waals surface area contributed by atoms with Crippen molar-refractivity contribution in [3.05, 3.63) is 42.2 Å². The Labute approximate surface area is 113 Å². The number of para-hydroxylation sites is 1. The van der Waals surface area contributed by atoms with Crippen LogP contribution in [0.3, 0.4) is 0 Å². The summed E-state index contributed by atoms with van der Waals surface area (Å²) >= 11 is 0. The molecule has 20 heavy (non-hydrogen) atoms. The highest BCUT2D eigenvalue weighted by Gasteiger charge is 2.21. The van der Waals surface area contributed by atoms with Crippen LogP contribution in [0.4, 0.5) is 0 Å². The molecule has 0 aliphatic heterocycles. The van der Waals surface area contributed by atoms with Gasteiger partial charge in [-0.3, -0.25) is 4.79 Å². The van der Waals surface area contributed by atoms with Crippen molar-refractivity contribution in [2.75, 3.05) is 6.61 Å². The van der Waals surface area contributed by atoms with Crippen LogP contribution in [0.25, 0.3) is 5.69 Å². The third-order valence-electron chi connectivity index (χ3n) is 2.53. The maximum absolute atomic E-state index is 11.8. The monoisotopic (exact) mass is 276 g/mol. The van der Waals surface area contributed by atoms with Gasteiger partial charge in [0.25, 0.3) is 5.91 Å². The number of amides is 1. The lowest BCUT2D eigenvalue weighted by Crippen LogP contribution is -2.43. The van der Waals surface area contributed by atoms with Crippen LogP contribution in [0.5, 0.6) is 0 Å². The number of nitrogens with one attached hydrogen (secondary N) is 1. The summed E-state index contributed by atoms with van der Waals surface area (Å²) in [6.45, 7) is -0.701. The Kier molecular flexibility index (Phi) is 4.06. The predicted octanol–water partition coefficient (Wildman–Crippen LogP) is -0.557. The number of carboxylic acid groups (broad SMARTS) is 1. The second kappa shape index (κ2) is 5.93. The molecule has 0 radical (unpaired) electrons. The number of aliphatic hydroxyl groups is 1. The zero-order valence-electron chi connectivity index (χ0n) is 10.3. The number of carboxylic acids is 1. The number of carbonyl (C=O) groups excluding carboxylic acids is 1. The van der Waals surface area contributed by atoms with Crippen molar-refractivity contribution < 1.29 is 19.8 Å². The molecular formula is C12H12N4O4. The quantitative estimate of drug-likeness (QED) is 0.674. The first-order valence-corrected chi connectivity index (χ1v) is 5.74. The molecule has 1 aromatic heterocycles. The fourth-order valence-corrected chi connectivity index (χ4v) is 1.49. The number of nitrogens with zero attached hydrogens (tertiary/aromatic N) is 3. The highest BCUT2D eigenvalue weighted by Crippen LogP contribution is 2.05. The van der Waals surface area contributed by atoms with Crippen molar-refractivity contribution in [2.24, 2.45) is 0 Å². The van der Waals surface area contributed by atoms with Gasteiger partial charge in [-0.05, 0) is 12.1 Å². The third kappa shape index (κ3) is 2.98. The van der Waals surface area contributed by atoms with Gasteiger partial charge in [0, 0.05) is 0 Å². The van der Waals surface area contributed by atoms with Crippen LogP contribution < -0.4 is 5.32 Å². The number of aliphatic carboxylic acids is 1. The molecule has 3 N–H and O–H groups in total. The second-order valence-corrected chi connectivity index (χ2v) is 3.93. The van der Waals surface area contributed by atoms with Crippen molar-refractivity contribution in [3.8, 4) is 5.69 Å². The standard InChI is InChI=1S/C12H12N4O4/c17-7-10(12(19)20)13-11(18)9-6-16(15-14-9)8-4-2-1-3-5-8/h1-6,10,17H,7H2,(H,13,18)(H,19,20)/t10-/m1/s1. The smallest absolute Gasteiger partial charge is 0.328 e. The Morgan fingerprint density at radius 2 is 2.00 bits per heavy atom. The molecule has 0 aliphatic carbocycles. The van der Waals surface area contributed by atoms with Crippen molar-refractivity contribution in [1.29, 1.82) is 0 Å². The van der Waals surface area contributed by atoms with Gasteiger partial charge in [0.15, 0.2) is 11.7 Å². The van der Waals surface area contributed by atoms with Gasteiger partial charge in [-0.15, -0.1) is 5.10 Å². The summed E-state index contributed by atoms with van der Waals surface area (Å²) in [5.74, 6) is -2.04. The van der Waals surface area contributed by atoms with Gasteiger partial charge < -0.3 is 15.5 Å². The molecule has 0 unspecified atom stereocenters. The van der Waals surface area contributed by atoms with Crippen LogP contribution in [0.1, 0.15) is 10.5 Å². The molecule has 1 heterocycles. The molecule has 2 rings (SSSR count). The van der Waals surface area contributed by atoms with Gasteiger partial charge in [-0.25, -0.2) is 9.48 Å². The molecule has 0 spiro atoms. The van der Waals surface area contributed by atoms with Gasteiger partial charge in [-0.1, -0.05) is 23.4 Å². The molecule has 0 saturated heterocycles. The van der Waals surface area contributed by atoms with Crippen molar-refractivity contribution >= 4 is 11.9 Å². The Balaban J connectivity index is 2.13. The summed E-state index contributed by atoms with van der Waals surface area (Å²) in [5.41, 5.74) is 0.685. The zero-order valence-corrected chi connectivity index (χ0v) is 10.3. The number of aromatic nitrogens is 3. The average molecular weight is 276 g/mol. The summed E-state index contributed by atoms with van der Waals surface area (Å²) in [7, 11) is 0. The van der Waals surface area contributed by atoms with Gasteiger partial charge in [-0.2, -0.15) is 0 Å². The van der Waals surface area contributed by atoms with Crippen molar-refractivity contribution in [2.45, 2.75) is 6.04 Å². The van der Waals surface area contributed by atoms with E-state index in [-0.39, 0.29) is 5.69 Å².